The first-order valence-corrected chi connectivity index (χ1v) is 10.0. The molecule has 0 aliphatic heterocycles. The lowest BCUT2D eigenvalue weighted by atomic mass is 10.0. The fraction of sp³-hybridized carbons (Fsp3) is 0.444. The number of benzene rings is 1. The zero-order valence-electron chi connectivity index (χ0n) is 15.5. The first-order valence-electron chi connectivity index (χ1n) is 8.53. The summed E-state index contributed by atoms with van der Waals surface area (Å²) in [7, 11) is -3.75. The number of nitrogens with zero attached hydrogens (tertiary/aromatic N) is 1. The number of hydrogen-bond acceptors (Lipinski definition) is 5. The number of sulfonamides is 1. The number of aryl methyl sites for hydroxylation is 3. The molecule has 8 heteroatoms. The van der Waals surface area contributed by atoms with Gasteiger partial charge in [0.2, 0.25) is 15.9 Å². The van der Waals surface area contributed by atoms with Crippen LogP contribution in [0.2, 0.25) is 0 Å². The number of carbonyl (C=O) groups excluding carboxylic acids is 1. The van der Waals surface area contributed by atoms with Crippen molar-refractivity contribution in [2.24, 2.45) is 0 Å². The van der Waals surface area contributed by atoms with Crippen LogP contribution in [-0.2, 0) is 14.8 Å². The number of nitrogens with one attached hydrogen (secondary N) is 2. The second-order valence-corrected chi connectivity index (χ2v) is 7.94. The molecule has 0 fully saturated rings. The van der Waals surface area contributed by atoms with Crippen molar-refractivity contribution in [3.8, 4) is 0 Å². The van der Waals surface area contributed by atoms with E-state index in [1.54, 1.807) is 6.92 Å². The van der Waals surface area contributed by atoms with Crippen LogP contribution in [0.5, 0.6) is 0 Å². The molecule has 142 valence electrons. The van der Waals surface area contributed by atoms with Gasteiger partial charge in [0.05, 0.1) is 6.04 Å². The van der Waals surface area contributed by atoms with E-state index < -0.39 is 10.0 Å². The Hall–Kier alpha value is -2.19. The van der Waals surface area contributed by atoms with E-state index in [1.807, 2.05) is 38.1 Å². The van der Waals surface area contributed by atoms with E-state index in [9.17, 15) is 13.2 Å². The molecule has 1 amide bonds. The highest BCUT2D eigenvalue weighted by atomic mass is 32.2. The topological polar surface area (TPSA) is 101 Å². The minimum Gasteiger partial charge on any atom is -0.360 e. The van der Waals surface area contributed by atoms with Crippen LogP contribution in [0, 0.1) is 20.8 Å². The molecule has 0 radical (unpaired) electrons. The van der Waals surface area contributed by atoms with E-state index in [4.69, 9.17) is 4.52 Å². The summed E-state index contributed by atoms with van der Waals surface area (Å²) in [6.07, 6.45) is 0.796. The monoisotopic (exact) mass is 379 g/mol. The maximum absolute atomic E-state index is 12.3. The molecule has 2 rings (SSSR count). The van der Waals surface area contributed by atoms with Crippen LogP contribution in [0.1, 0.15) is 48.4 Å². The lowest BCUT2D eigenvalue weighted by Gasteiger charge is -2.18. The average molecular weight is 379 g/mol. The Morgan fingerprint density at radius 3 is 2.38 bits per heavy atom. The molecule has 0 aliphatic carbocycles. The van der Waals surface area contributed by atoms with Gasteiger partial charge in [-0.25, -0.2) is 13.1 Å². The number of hydrogen-bond donors (Lipinski definition) is 2. The third-order valence-electron chi connectivity index (χ3n) is 4.10. The lowest BCUT2D eigenvalue weighted by Crippen LogP contribution is -2.33. The van der Waals surface area contributed by atoms with Crippen LogP contribution in [0.25, 0.3) is 0 Å². The third kappa shape index (κ3) is 4.92. The number of carbonyl (C=O) groups is 1. The van der Waals surface area contributed by atoms with Gasteiger partial charge in [0.15, 0.2) is 5.76 Å². The van der Waals surface area contributed by atoms with E-state index in [-0.39, 0.29) is 35.6 Å². The summed E-state index contributed by atoms with van der Waals surface area (Å²) in [5.41, 5.74) is 2.48. The smallest absolute Gasteiger partial charge is 0.245 e. The van der Waals surface area contributed by atoms with Crippen molar-refractivity contribution in [3.05, 3.63) is 46.8 Å². The summed E-state index contributed by atoms with van der Waals surface area (Å²) in [6, 6.07) is 7.89. The molecule has 2 N–H and O–H groups in total. The van der Waals surface area contributed by atoms with Gasteiger partial charge in [0.25, 0.3) is 0 Å². The van der Waals surface area contributed by atoms with Crippen molar-refractivity contribution in [3.63, 3.8) is 0 Å². The van der Waals surface area contributed by atoms with Gasteiger partial charge in [-0.05, 0) is 32.8 Å². The molecule has 0 spiro atoms. The molecule has 7 nitrogen and oxygen atoms in total. The molecule has 0 aliphatic rings. The molecule has 0 unspecified atom stereocenters. The molecular formula is C18H25N3O4S. The van der Waals surface area contributed by atoms with Crippen molar-refractivity contribution in [1.82, 2.24) is 15.2 Å². The van der Waals surface area contributed by atoms with Crippen LogP contribution in [0.4, 0.5) is 0 Å². The highest BCUT2D eigenvalue weighted by molar-refractivity contribution is 7.89. The fourth-order valence-electron chi connectivity index (χ4n) is 2.72. The summed E-state index contributed by atoms with van der Waals surface area (Å²) >= 11 is 0. The SMILES string of the molecule is CC[C@@H](NC(=O)CCNS(=O)(=O)c1c(C)noc1C)c1ccc(C)cc1. The van der Waals surface area contributed by atoms with Gasteiger partial charge in [-0.3, -0.25) is 4.79 Å². The Morgan fingerprint density at radius 1 is 1.19 bits per heavy atom. The molecule has 1 aromatic carbocycles. The van der Waals surface area contributed by atoms with E-state index in [0.717, 1.165) is 17.5 Å². The zero-order valence-corrected chi connectivity index (χ0v) is 16.3. The van der Waals surface area contributed by atoms with Crippen molar-refractivity contribution in [1.29, 1.82) is 0 Å². The van der Waals surface area contributed by atoms with E-state index in [0.29, 0.717) is 5.69 Å². The quantitative estimate of drug-likeness (QED) is 0.734. The van der Waals surface area contributed by atoms with Crippen molar-refractivity contribution in [2.45, 2.75) is 51.5 Å². The fourth-order valence-corrected chi connectivity index (χ4v) is 4.07. The van der Waals surface area contributed by atoms with Crippen molar-refractivity contribution in [2.75, 3.05) is 6.54 Å². The predicted molar refractivity (Wildman–Crippen MR) is 98.1 cm³/mol. The normalized spacial score (nSPS) is 12.8. The summed E-state index contributed by atoms with van der Waals surface area (Å²) < 4.78 is 31.9. The van der Waals surface area contributed by atoms with Gasteiger partial charge >= 0.3 is 0 Å². The molecule has 0 saturated heterocycles. The summed E-state index contributed by atoms with van der Waals surface area (Å²) in [4.78, 5) is 12.2. The Morgan fingerprint density at radius 2 is 1.85 bits per heavy atom. The second kappa shape index (κ2) is 8.46. The van der Waals surface area contributed by atoms with Crippen LogP contribution in [0.3, 0.4) is 0 Å². The summed E-state index contributed by atoms with van der Waals surface area (Å²) in [5, 5.41) is 6.58. The number of amides is 1. The van der Waals surface area contributed by atoms with Crippen molar-refractivity contribution < 1.29 is 17.7 Å². The molecule has 0 saturated carbocycles. The predicted octanol–water partition coefficient (Wildman–Crippen LogP) is 2.54. The highest BCUT2D eigenvalue weighted by Crippen LogP contribution is 2.19. The van der Waals surface area contributed by atoms with Gasteiger partial charge < -0.3 is 9.84 Å². The lowest BCUT2D eigenvalue weighted by molar-refractivity contribution is -0.121. The van der Waals surface area contributed by atoms with Gasteiger partial charge in [0.1, 0.15) is 10.6 Å². The molecule has 1 heterocycles. The van der Waals surface area contributed by atoms with E-state index in [2.05, 4.69) is 15.2 Å². The number of aromatic nitrogens is 1. The van der Waals surface area contributed by atoms with Gasteiger partial charge in [-0.15, -0.1) is 0 Å². The molecule has 26 heavy (non-hydrogen) atoms. The zero-order chi connectivity index (χ0) is 19.3. The Bertz CT molecular complexity index is 838. The van der Waals surface area contributed by atoms with Crippen LogP contribution in [0.15, 0.2) is 33.7 Å². The Balaban J connectivity index is 1.91. The molecule has 1 aromatic heterocycles. The highest BCUT2D eigenvalue weighted by Gasteiger charge is 2.24. The first-order chi connectivity index (χ1) is 12.2. The Labute approximate surface area is 154 Å². The first kappa shape index (κ1) is 20.1. The van der Waals surface area contributed by atoms with Gasteiger partial charge in [0, 0.05) is 13.0 Å². The molecular weight excluding hydrogens is 354 g/mol. The van der Waals surface area contributed by atoms with E-state index >= 15 is 0 Å². The minimum atomic E-state index is -3.75. The van der Waals surface area contributed by atoms with Crippen molar-refractivity contribution >= 4 is 15.9 Å². The average Bonchev–Trinajstić information content (AvgIpc) is 2.93. The standard InChI is InChI=1S/C18H25N3O4S/c1-5-16(15-8-6-12(2)7-9-15)20-17(22)10-11-19-26(23,24)18-13(3)21-25-14(18)4/h6-9,16,19H,5,10-11H2,1-4H3,(H,20,22)/t16-/m1/s1. The van der Waals surface area contributed by atoms with Gasteiger partial charge in [-0.2, -0.15) is 0 Å². The maximum atomic E-state index is 12.3. The Kier molecular flexibility index (Phi) is 6.55. The van der Waals surface area contributed by atoms with E-state index in [1.165, 1.54) is 6.92 Å². The largest absolute Gasteiger partial charge is 0.360 e. The van der Waals surface area contributed by atoms with Gasteiger partial charge in [-0.1, -0.05) is 41.9 Å². The van der Waals surface area contributed by atoms with Crippen LogP contribution >= 0.6 is 0 Å². The summed E-state index contributed by atoms with van der Waals surface area (Å²) in [5.74, 6) is 0.0174. The number of rotatable bonds is 8. The summed E-state index contributed by atoms with van der Waals surface area (Å²) in [6.45, 7) is 7.10. The van der Waals surface area contributed by atoms with Crippen LogP contribution in [-0.4, -0.2) is 26.0 Å². The molecule has 0 bridgehead atoms. The molecule has 1 atom stereocenters. The molecule has 2 aromatic rings. The second-order valence-electron chi connectivity index (χ2n) is 6.24. The minimum absolute atomic E-state index is 0.00254. The third-order valence-corrected chi connectivity index (χ3v) is 5.81. The maximum Gasteiger partial charge on any atom is 0.245 e. The van der Waals surface area contributed by atoms with Crippen LogP contribution < -0.4 is 10.0 Å².